The maximum atomic E-state index is 13.8. The Bertz CT molecular complexity index is 915. The zero-order valence-electron chi connectivity index (χ0n) is 15.8. The quantitative estimate of drug-likeness (QED) is 0.609. The van der Waals surface area contributed by atoms with E-state index in [-0.39, 0.29) is 11.9 Å². The molecule has 3 aromatic rings. The molecule has 3 heteroatoms. The summed E-state index contributed by atoms with van der Waals surface area (Å²) in [6, 6.07) is 30.2. The van der Waals surface area contributed by atoms with E-state index in [9.17, 15) is 9.65 Å². The molecule has 0 aromatic heterocycles. The molecule has 0 unspecified atom stereocenters. The Hall–Kier alpha value is -2.96. The van der Waals surface area contributed by atoms with Crippen molar-refractivity contribution in [3.8, 4) is 6.07 Å². The Morgan fingerprint density at radius 2 is 1.39 bits per heavy atom. The molecule has 3 aromatic carbocycles. The summed E-state index contributed by atoms with van der Waals surface area (Å²) in [6.45, 7) is 1.58. The van der Waals surface area contributed by atoms with Gasteiger partial charge in [0.05, 0.1) is 17.5 Å². The number of piperidine rings is 1. The molecule has 1 aliphatic rings. The van der Waals surface area contributed by atoms with Crippen LogP contribution in [0.1, 0.15) is 35.6 Å². The van der Waals surface area contributed by atoms with Gasteiger partial charge in [0.25, 0.3) is 0 Å². The summed E-state index contributed by atoms with van der Waals surface area (Å²) in [5.41, 5.74) is 2.69. The molecule has 1 heterocycles. The van der Waals surface area contributed by atoms with Gasteiger partial charge in [-0.05, 0) is 41.7 Å². The zero-order valence-corrected chi connectivity index (χ0v) is 15.8. The average Bonchev–Trinajstić information content (AvgIpc) is 2.76. The second kappa shape index (κ2) is 7.96. The molecule has 0 bridgehead atoms. The van der Waals surface area contributed by atoms with E-state index in [1.807, 2.05) is 18.2 Å². The van der Waals surface area contributed by atoms with Crippen LogP contribution in [0.3, 0.4) is 0 Å². The Morgan fingerprint density at radius 3 is 1.89 bits per heavy atom. The Kier molecular flexibility index (Phi) is 5.23. The predicted molar refractivity (Wildman–Crippen MR) is 109 cm³/mol. The minimum atomic E-state index is -0.615. The highest BCUT2D eigenvalue weighted by atomic mass is 19.1. The predicted octanol–water partition coefficient (Wildman–Crippen LogP) is 5.47. The van der Waals surface area contributed by atoms with Crippen LogP contribution in [0.25, 0.3) is 0 Å². The Morgan fingerprint density at radius 1 is 0.821 bits per heavy atom. The number of hydrogen-bond acceptors (Lipinski definition) is 2. The van der Waals surface area contributed by atoms with E-state index >= 15 is 0 Å². The molecule has 1 saturated heterocycles. The van der Waals surface area contributed by atoms with Crippen LogP contribution in [-0.2, 0) is 5.41 Å². The van der Waals surface area contributed by atoms with E-state index in [4.69, 9.17) is 0 Å². The molecular weight excluding hydrogens is 347 g/mol. The lowest BCUT2D eigenvalue weighted by molar-refractivity contribution is 0.152. The van der Waals surface area contributed by atoms with Gasteiger partial charge < -0.3 is 0 Å². The summed E-state index contributed by atoms with van der Waals surface area (Å²) in [5.74, 6) is -0.277. The molecule has 140 valence electrons. The molecule has 1 aliphatic heterocycles. The maximum absolute atomic E-state index is 13.8. The third kappa shape index (κ3) is 3.56. The van der Waals surface area contributed by atoms with E-state index in [0.29, 0.717) is 12.8 Å². The molecule has 0 saturated carbocycles. The van der Waals surface area contributed by atoms with Crippen LogP contribution >= 0.6 is 0 Å². The van der Waals surface area contributed by atoms with Gasteiger partial charge in [0, 0.05) is 13.1 Å². The molecule has 0 radical (unpaired) electrons. The molecular formula is C25H23FN2. The number of nitrogens with zero attached hydrogens (tertiary/aromatic N) is 2. The second-order valence-electron chi connectivity index (χ2n) is 7.46. The molecule has 1 fully saturated rings. The number of benzene rings is 3. The van der Waals surface area contributed by atoms with Crippen molar-refractivity contribution < 1.29 is 4.39 Å². The fraction of sp³-hybridized carbons (Fsp3) is 0.240. The first-order valence-electron chi connectivity index (χ1n) is 9.73. The van der Waals surface area contributed by atoms with E-state index < -0.39 is 5.41 Å². The van der Waals surface area contributed by atoms with Gasteiger partial charge in [-0.2, -0.15) is 5.26 Å². The van der Waals surface area contributed by atoms with Gasteiger partial charge in [-0.3, -0.25) is 4.90 Å². The van der Waals surface area contributed by atoms with Gasteiger partial charge in [0.15, 0.2) is 0 Å². The fourth-order valence-corrected chi connectivity index (χ4v) is 4.30. The first-order chi connectivity index (χ1) is 13.7. The van der Waals surface area contributed by atoms with Gasteiger partial charge in [-0.15, -0.1) is 0 Å². The van der Waals surface area contributed by atoms with Crippen molar-refractivity contribution in [3.05, 3.63) is 107 Å². The summed E-state index contributed by atoms with van der Waals surface area (Å²) in [7, 11) is 0. The highest BCUT2D eigenvalue weighted by Crippen LogP contribution is 2.39. The lowest BCUT2D eigenvalue weighted by atomic mass is 9.73. The topological polar surface area (TPSA) is 27.0 Å². The largest absolute Gasteiger partial charge is 0.292 e. The average molecular weight is 370 g/mol. The number of halogens is 1. The summed E-state index contributed by atoms with van der Waals surface area (Å²) in [5, 5.41) is 9.95. The summed E-state index contributed by atoms with van der Waals surface area (Å²) >= 11 is 0. The van der Waals surface area contributed by atoms with Crippen molar-refractivity contribution in [1.29, 1.82) is 5.26 Å². The van der Waals surface area contributed by atoms with Crippen LogP contribution in [0, 0.1) is 17.1 Å². The smallest absolute Gasteiger partial charge is 0.123 e. The maximum Gasteiger partial charge on any atom is 0.123 e. The normalized spacial score (nSPS) is 16.6. The Balaban J connectivity index is 1.62. The molecule has 0 amide bonds. The van der Waals surface area contributed by atoms with Gasteiger partial charge in [0.2, 0.25) is 0 Å². The van der Waals surface area contributed by atoms with Gasteiger partial charge in [-0.1, -0.05) is 72.8 Å². The van der Waals surface area contributed by atoms with Gasteiger partial charge >= 0.3 is 0 Å². The lowest BCUT2D eigenvalue weighted by Crippen LogP contribution is -2.43. The summed E-state index contributed by atoms with van der Waals surface area (Å²) in [4.78, 5) is 2.44. The van der Waals surface area contributed by atoms with Crippen LogP contribution in [-0.4, -0.2) is 18.0 Å². The van der Waals surface area contributed by atoms with Crippen molar-refractivity contribution in [1.82, 2.24) is 4.90 Å². The molecule has 0 N–H and O–H groups in total. The van der Waals surface area contributed by atoms with Crippen LogP contribution in [0.15, 0.2) is 84.9 Å². The van der Waals surface area contributed by atoms with Gasteiger partial charge in [0.1, 0.15) is 5.82 Å². The standard InChI is InChI=1S/C25H23FN2/c26-23-13-7-12-22(18-23)25(19-27)14-16-28(17-15-25)24(20-8-3-1-4-9-20)21-10-5-2-6-11-21/h1-13,18,24H,14-17H2. The van der Waals surface area contributed by atoms with Crippen LogP contribution < -0.4 is 0 Å². The van der Waals surface area contributed by atoms with Crippen LogP contribution in [0.2, 0.25) is 0 Å². The molecule has 2 nitrogen and oxygen atoms in total. The van der Waals surface area contributed by atoms with E-state index in [1.54, 1.807) is 6.07 Å². The number of rotatable bonds is 4. The second-order valence-corrected chi connectivity index (χ2v) is 7.46. The molecule has 0 atom stereocenters. The van der Waals surface area contributed by atoms with Gasteiger partial charge in [-0.25, -0.2) is 4.39 Å². The first kappa shape index (κ1) is 18.4. The first-order valence-corrected chi connectivity index (χ1v) is 9.73. The highest BCUT2D eigenvalue weighted by molar-refractivity contribution is 5.36. The molecule has 28 heavy (non-hydrogen) atoms. The monoisotopic (exact) mass is 370 g/mol. The molecule has 0 spiro atoms. The lowest BCUT2D eigenvalue weighted by Gasteiger charge is -2.41. The molecule has 4 rings (SSSR count). The zero-order chi connectivity index (χ0) is 19.4. The van der Waals surface area contributed by atoms with Crippen molar-refractivity contribution >= 4 is 0 Å². The van der Waals surface area contributed by atoms with Crippen LogP contribution in [0.4, 0.5) is 4.39 Å². The molecule has 0 aliphatic carbocycles. The fourth-order valence-electron chi connectivity index (χ4n) is 4.30. The summed E-state index contributed by atoms with van der Waals surface area (Å²) in [6.07, 6.45) is 1.40. The van der Waals surface area contributed by atoms with Crippen molar-refractivity contribution in [3.63, 3.8) is 0 Å². The third-order valence-electron chi connectivity index (χ3n) is 5.84. The van der Waals surface area contributed by atoms with E-state index in [1.165, 1.54) is 23.3 Å². The van der Waals surface area contributed by atoms with E-state index in [2.05, 4.69) is 59.5 Å². The van der Waals surface area contributed by atoms with E-state index in [0.717, 1.165) is 18.7 Å². The van der Waals surface area contributed by atoms with Crippen molar-refractivity contribution in [2.24, 2.45) is 0 Å². The Labute approximate surface area is 165 Å². The summed E-state index contributed by atoms with van der Waals surface area (Å²) < 4.78 is 13.8. The minimum absolute atomic E-state index is 0.159. The SMILES string of the molecule is N#CC1(c2cccc(F)c2)CCN(C(c2ccccc2)c2ccccc2)CC1. The van der Waals surface area contributed by atoms with Crippen molar-refractivity contribution in [2.45, 2.75) is 24.3 Å². The number of likely N-dealkylation sites (tertiary alicyclic amines) is 1. The third-order valence-corrected chi connectivity index (χ3v) is 5.84. The van der Waals surface area contributed by atoms with Crippen LogP contribution in [0.5, 0.6) is 0 Å². The number of nitriles is 1. The van der Waals surface area contributed by atoms with Crippen molar-refractivity contribution in [2.75, 3.05) is 13.1 Å². The minimum Gasteiger partial charge on any atom is -0.292 e. The highest BCUT2D eigenvalue weighted by Gasteiger charge is 2.38. The number of hydrogen-bond donors (Lipinski definition) is 0.